The Morgan fingerprint density at radius 1 is 1.40 bits per heavy atom. The van der Waals surface area contributed by atoms with Crippen LogP contribution in [0.15, 0.2) is 23.6 Å². The first-order chi connectivity index (χ1) is 9.54. The molecule has 3 nitrogen and oxygen atoms in total. The van der Waals surface area contributed by atoms with Gasteiger partial charge in [-0.2, -0.15) is 0 Å². The Balaban J connectivity index is 2.13. The second kappa shape index (κ2) is 5.14. The quantitative estimate of drug-likeness (QED) is 0.676. The van der Waals surface area contributed by atoms with Crippen molar-refractivity contribution in [2.45, 2.75) is 25.8 Å². The van der Waals surface area contributed by atoms with Crippen molar-refractivity contribution in [1.82, 2.24) is 14.5 Å². The first-order valence-electron chi connectivity index (χ1n) is 6.25. The summed E-state index contributed by atoms with van der Waals surface area (Å²) in [5, 5.41) is 2.76. The lowest BCUT2D eigenvalue weighted by atomic mass is 10.3. The summed E-state index contributed by atoms with van der Waals surface area (Å²) in [6.07, 6.45) is 0. The summed E-state index contributed by atoms with van der Waals surface area (Å²) in [6, 6.07) is 4.61. The second-order valence-electron chi connectivity index (χ2n) is 4.69. The van der Waals surface area contributed by atoms with Gasteiger partial charge in [-0.05, 0) is 26.0 Å². The molecule has 2 aromatic heterocycles. The van der Waals surface area contributed by atoms with Gasteiger partial charge in [0.25, 0.3) is 0 Å². The van der Waals surface area contributed by atoms with Crippen LogP contribution in [-0.2, 0) is 6.54 Å². The van der Waals surface area contributed by atoms with Crippen LogP contribution in [0.4, 0.5) is 4.39 Å². The van der Waals surface area contributed by atoms with E-state index in [1.165, 1.54) is 12.1 Å². The van der Waals surface area contributed by atoms with E-state index in [-0.39, 0.29) is 11.2 Å². The summed E-state index contributed by atoms with van der Waals surface area (Å²) in [6.45, 7) is 4.43. The van der Waals surface area contributed by atoms with Crippen molar-refractivity contribution in [3.63, 3.8) is 0 Å². The van der Waals surface area contributed by atoms with Crippen molar-refractivity contribution >= 4 is 34.0 Å². The Hall–Kier alpha value is -1.46. The third-order valence-electron chi connectivity index (χ3n) is 3.06. The lowest BCUT2D eigenvalue weighted by Crippen LogP contribution is -2.05. The molecule has 0 aliphatic rings. The minimum absolute atomic E-state index is 0.244. The number of aromatic nitrogens is 3. The Bertz CT molecular complexity index is 763. The van der Waals surface area contributed by atoms with Gasteiger partial charge in [-0.3, -0.25) is 0 Å². The summed E-state index contributed by atoms with van der Waals surface area (Å²) in [5.74, 6) is 0.445. The molecular formula is C14H13ClFN3S. The number of thiazole rings is 1. The van der Waals surface area contributed by atoms with Gasteiger partial charge < -0.3 is 4.57 Å². The number of hydrogen-bond acceptors (Lipinski definition) is 3. The van der Waals surface area contributed by atoms with Crippen LogP contribution in [0.25, 0.3) is 11.0 Å². The molecule has 1 unspecified atom stereocenters. The number of fused-ring (bicyclic) bond motifs is 1. The molecule has 0 bridgehead atoms. The van der Waals surface area contributed by atoms with Crippen LogP contribution in [0.2, 0.25) is 0 Å². The predicted molar refractivity (Wildman–Crippen MR) is 79.9 cm³/mol. The molecule has 0 spiro atoms. The topological polar surface area (TPSA) is 30.7 Å². The molecule has 1 aromatic carbocycles. The minimum Gasteiger partial charge on any atom is -0.320 e. The van der Waals surface area contributed by atoms with Crippen LogP contribution in [0, 0.1) is 12.7 Å². The number of imidazole rings is 1. The molecule has 6 heteroatoms. The fourth-order valence-electron chi connectivity index (χ4n) is 2.20. The van der Waals surface area contributed by atoms with E-state index in [9.17, 15) is 4.39 Å². The van der Waals surface area contributed by atoms with Crippen LogP contribution in [0.5, 0.6) is 0 Å². The average molecular weight is 310 g/mol. The lowest BCUT2D eigenvalue weighted by Gasteiger charge is -2.08. The Morgan fingerprint density at radius 3 is 2.85 bits per heavy atom. The van der Waals surface area contributed by atoms with Crippen molar-refractivity contribution in [2.75, 3.05) is 0 Å². The summed E-state index contributed by atoms with van der Waals surface area (Å²) in [7, 11) is 0. The van der Waals surface area contributed by atoms with Gasteiger partial charge >= 0.3 is 0 Å². The maximum Gasteiger partial charge on any atom is 0.128 e. The maximum absolute atomic E-state index is 13.3. The fourth-order valence-corrected chi connectivity index (χ4v) is 3.13. The Labute approximate surface area is 125 Å². The highest BCUT2D eigenvalue weighted by molar-refractivity contribution is 7.09. The highest BCUT2D eigenvalue weighted by atomic mass is 35.5. The van der Waals surface area contributed by atoms with E-state index in [1.54, 1.807) is 17.4 Å². The third-order valence-corrected chi connectivity index (χ3v) is 4.20. The van der Waals surface area contributed by atoms with Crippen molar-refractivity contribution in [1.29, 1.82) is 0 Å². The summed E-state index contributed by atoms with van der Waals surface area (Å²) in [4.78, 5) is 8.91. The van der Waals surface area contributed by atoms with Crippen LogP contribution in [0.3, 0.4) is 0 Å². The van der Waals surface area contributed by atoms with Crippen LogP contribution < -0.4 is 0 Å². The summed E-state index contributed by atoms with van der Waals surface area (Å²) >= 11 is 7.80. The zero-order valence-corrected chi connectivity index (χ0v) is 12.7. The van der Waals surface area contributed by atoms with E-state index in [4.69, 9.17) is 11.6 Å². The van der Waals surface area contributed by atoms with E-state index in [2.05, 4.69) is 9.97 Å². The number of aryl methyl sites for hydroxylation is 1. The Morgan fingerprint density at radius 2 is 2.20 bits per heavy atom. The van der Waals surface area contributed by atoms with Crippen molar-refractivity contribution < 1.29 is 4.39 Å². The maximum atomic E-state index is 13.3. The zero-order chi connectivity index (χ0) is 14.3. The second-order valence-corrected chi connectivity index (χ2v) is 6.29. The fraction of sp³-hybridized carbons (Fsp3) is 0.286. The minimum atomic E-state index is -0.291. The van der Waals surface area contributed by atoms with Gasteiger partial charge in [0, 0.05) is 17.1 Å². The van der Waals surface area contributed by atoms with Gasteiger partial charge in [-0.1, -0.05) is 0 Å². The molecular weight excluding hydrogens is 297 g/mol. The molecule has 1 atom stereocenters. The first kappa shape index (κ1) is 13.5. The molecule has 2 heterocycles. The number of nitrogens with zero attached hydrogens (tertiary/aromatic N) is 3. The zero-order valence-electron chi connectivity index (χ0n) is 11.1. The highest BCUT2D eigenvalue weighted by Crippen LogP contribution is 2.26. The standard InChI is InChI=1S/C14H13ClFN3S/c1-8-7-20-13(17-8)6-19-12-4-3-10(16)5-11(12)18-14(19)9(2)15/h3-5,7,9H,6H2,1-2H3. The molecule has 0 amide bonds. The number of hydrogen-bond donors (Lipinski definition) is 0. The molecule has 0 aliphatic carbocycles. The van der Waals surface area contributed by atoms with E-state index >= 15 is 0 Å². The van der Waals surface area contributed by atoms with E-state index in [0.29, 0.717) is 12.1 Å². The first-order valence-corrected chi connectivity index (χ1v) is 7.57. The van der Waals surface area contributed by atoms with Gasteiger partial charge in [0.2, 0.25) is 0 Å². The molecule has 104 valence electrons. The van der Waals surface area contributed by atoms with Crippen LogP contribution in [-0.4, -0.2) is 14.5 Å². The highest BCUT2D eigenvalue weighted by Gasteiger charge is 2.16. The predicted octanol–water partition coefficient (Wildman–Crippen LogP) is 4.29. The number of benzene rings is 1. The molecule has 0 radical (unpaired) electrons. The normalized spacial score (nSPS) is 13.0. The number of halogens is 2. The van der Waals surface area contributed by atoms with E-state index in [1.807, 2.05) is 23.8 Å². The number of rotatable bonds is 3. The third kappa shape index (κ3) is 2.43. The molecule has 0 saturated heterocycles. The van der Waals surface area contributed by atoms with Gasteiger partial charge in [-0.15, -0.1) is 22.9 Å². The molecule has 0 saturated carbocycles. The average Bonchev–Trinajstić information content (AvgIpc) is 2.94. The van der Waals surface area contributed by atoms with Crippen molar-refractivity contribution in [3.8, 4) is 0 Å². The van der Waals surface area contributed by atoms with E-state index < -0.39 is 0 Å². The molecule has 0 N–H and O–H groups in total. The number of alkyl halides is 1. The smallest absolute Gasteiger partial charge is 0.128 e. The van der Waals surface area contributed by atoms with Gasteiger partial charge in [0.15, 0.2) is 0 Å². The van der Waals surface area contributed by atoms with Gasteiger partial charge in [0.05, 0.1) is 23.0 Å². The summed E-state index contributed by atoms with van der Waals surface area (Å²) in [5.41, 5.74) is 2.50. The van der Waals surface area contributed by atoms with Crippen LogP contribution in [0.1, 0.15) is 28.8 Å². The largest absolute Gasteiger partial charge is 0.320 e. The summed E-state index contributed by atoms with van der Waals surface area (Å²) < 4.78 is 15.3. The molecule has 3 aromatic rings. The molecule has 0 aliphatic heterocycles. The SMILES string of the molecule is Cc1csc(Cn2c(C(C)Cl)nc3cc(F)ccc32)n1. The molecule has 0 fully saturated rings. The molecule has 20 heavy (non-hydrogen) atoms. The van der Waals surface area contributed by atoms with Crippen molar-refractivity contribution in [2.24, 2.45) is 0 Å². The lowest BCUT2D eigenvalue weighted by molar-refractivity contribution is 0.629. The van der Waals surface area contributed by atoms with Gasteiger partial charge in [0.1, 0.15) is 16.6 Å². The van der Waals surface area contributed by atoms with E-state index in [0.717, 1.165) is 22.0 Å². The van der Waals surface area contributed by atoms with Crippen molar-refractivity contribution in [3.05, 3.63) is 45.9 Å². The van der Waals surface area contributed by atoms with Gasteiger partial charge in [-0.25, -0.2) is 14.4 Å². The molecule has 3 rings (SSSR count). The Kier molecular flexibility index (Phi) is 3.48. The van der Waals surface area contributed by atoms with Crippen LogP contribution >= 0.6 is 22.9 Å². The monoisotopic (exact) mass is 309 g/mol.